The first-order valence-electron chi connectivity index (χ1n) is 5.66. The summed E-state index contributed by atoms with van der Waals surface area (Å²) < 4.78 is 0. The van der Waals surface area contributed by atoms with Crippen LogP contribution in [0.15, 0.2) is 10.9 Å². The summed E-state index contributed by atoms with van der Waals surface area (Å²) in [4.78, 5) is 40.5. The van der Waals surface area contributed by atoms with Crippen molar-refractivity contribution in [2.45, 2.75) is 24.8 Å². The van der Waals surface area contributed by atoms with E-state index in [1.807, 2.05) is 0 Å². The number of aliphatic hydroxyl groups excluding tert-OH is 1. The van der Waals surface area contributed by atoms with Crippen molar-refractivity contribution >= 4 is 23.6 Å². The van der Waals surface area contributed by atoms with Crippen LogP contribution in [0, 0.1) is 0 Å². The number of carbonyl (C=O) groups excluding carboxylic acids is 1. The molecule has 0 fully saturated rings. The molecule has 0 aromatic carbocycles. The van der Waals surface area contributed by atoms with Gasteiger partial charge < -0.3 is 20.5 Å². The SMILES string of the molecule is CSCc1nc(C(=O)NC(C(=O)O)C(C)O)cc(=O)[nH]1. The largest absolute Gasteiger partial charge is 0.480 e. The van der Waals surface area contributed by atoms with E-state index in [2.05, 4.69) is 15.3 Å². The van der Waals surface area contributed by atoms with E-state index in [1.54, 1.807) is 6.26 Å². The molecule has 9 heteroatoms. The van der Waals surface area contributed by atoms with Crippen molar-refractivity contribution in [1.29, 1.82) is 0 Å². The van der Waals surface area contributed by atoms with Crippen LogP contribution in [0.1, 0.15) is 23.2 Å². The smallest absolute Gasteiger partial charge is 0.328 e. The van der Waals surface area contributed by atoms with E-state index in [0.717, 1.165) is 6.07 Å². The molecule has 2 unspecified atom stereocenters. The van der Waals surface area contributed by atoms with Gasteiger partial charge in [0, 0.05) is 6.07 Å². The quantitative estimate of drug-likeness (QED) is 0.540. The van der Waals surface area contributed by atoms with Crippen LogP contribution in [0.25, 0.3) is 0 Å². The topological polar surface area (TPSA) is 132 Å². The van der Waals surface area contributed by atoms with Gasteiger partial charge in [-0.2, -0.15) is 11.8 Å². The molecule has 0 bridgehead atoms. The maximum absolute atomic E-state index is 11.9. The Balaban J connectivity index is 2.97. The second kappa shape index (κ2) is 7.06. The summed E-state index contributed by atoms with van der Waals surface area (Å²) in [5.41, 5.74) is -0.692. The fraction of sp³-hybridized carbons (Fsp3) is 0.455. The van der Waals surface area contributed by atoms with Crippen LogP contribution in [-0.2, 0) is 10.5 Å². The summed E-state index contributed by atoms with van der Waals surface area (Å²) in [6.07, 6.45) is 0.532. The van der Waals surface area contributed by atoms with Crippen LogP contribution in [0.4, 0.5) is 0 Å². The van der Waals surface area contributed by atoms with Crippen molar-refractivity contribution < 1.29 is 19.8 Å². The number of aliphatic carboxylic acids is 1. The van der Waals surface area contributed by atoms with E-state index in [4.69, 9.17) is 5.11 Å². The van der Waals surface area contributed by atoms with Crippen LogP contribution in [-0.4, -0.2) is 50.5 Å². The number of amides is 1. The van der Waals surface area contributed by atoms with Crippen molar-refractivity contribution in [3.8, 4) is 0 Å². The number of carboxylic acid groups (broad SMARTS) is 1. The Bertz CT molecular complexity index is 557. The zero-order valence-corrected chi connectivity index (χ0v) is 11.7. The van der Waals surface area contributed by atoms with Gasteiger partial charge in [-0.15, -0.1) is 0 Å². The van der Waals surface area contributed by atoms with Gasteiger partial charge in [-0.05, 0) is 13.2 Å². The van der Waals surface area contributed by atoms with E-state index in [9.17, 15) is 19.5 Å². The predicted octanol–water partition coefficient (Wildman–Crippen LogP) is -0.803. The number of aromatic nitrogens is 2. The minimum absolute atomic E-state index is 0.190. The highest BCUT2D eigenvalue weighted by Crippen LogP contribution is 2.03. The molecule has 0 spiro atoms. The Morgan fingerprint density at radius 3 is 2.70 bits per heavy atom. The molecule has 0 aliphatic rings. The highest BCUT2D eigenvalue weighted by molar-refractivity contribution is 7.97. The second-order valence-electron chi connectivity index (χ2n) is 4.04. The summed E-state index contributed by atoms with van der Waals surface area (Å²) in [7, 11) is 0. The molecular formula is C11H15N3O5S. The van der Waals surface area contributed by atoms with Gasteiger partial charge in [0.25, 0.3) is 11.5 Å². The number of rotatable bonds is 6. The number of nitrogens with zero attached hydrogens (tertiary/aromatic N) is 1. The van der Waals surface area contributed by atoms with Crippen molar-refractivity contribution in [2.75, 3.05) is 6.26 Å². The molecular weight excluding hydrogens is 286 g/mol. The molecule has 0 aliphatic carbocycles. The van der Waals surface area contributed by atoms with Gasteiger partial charge in [-0.25, -0.2) is 9.78 Å². The standard InChI is InChI=1S/C11H15N3O5S/c1-5(15)9(11(18)19)14-10(17)6-3-8(16)13-7(12-6)4-20-2/h3,5,9,15H,4H2,1-2H3,(H,14,17)(H,18,19)(H,12,13,16). The molecule has 1 aromatic heterocycles. The third-order valence-corrected chi connectivity index (χ3v) is 2.90. The molecule has 1 rings (SSSR count). The number of hydrogen-bond donors (Lipinski definition) is 4. The van der Waals surface area contributed by atoms with E-state index >= 15 is 0 Å². The lowest BCUT2D eigenvalue weighted by Gasteiger charge is -2.16. The molecule has 0 aliphatic heterocycles. The summed E-state index contributed by atoms with van der Waals surface area (Å²) in [5, 5.41) is 20.3. The van der Waals surface area contributed by atoms with Crippen LogP contribution in [0.3, 0.4) is 0 Å². The lowest BCUT2D eigenvalue weighted by molar-refractivity contribution is -0.141. The average molecular weight is 301 g/mol. The van der Waals surface area contributed by atoms with Gasteiger partial charge in [0.15, 0.2) is 6.04 Å². The number of aromatic amines is 1. The summed E-state index contributed by atoms with van der Waals surface area (Å²) in [5.74, 6) is -1.47. The maximum atomic E-state index is 11.9. The van der Waals surface area contributed by atoms with E-state index in [0.29, 0.717) is 11.6 Å². The molecule has 2 atom stereocenters. The zero-order valence-electron chi connectivity index (χ0n) is 10.9. The van der Waals surface area contributed by atoms with Gasteiger partial charge in [-0.1, -0.05) is 0 Å². The fourth-order valence-electron chi connectivity index (χ4n) is 1.43. The zero-order chi connectivity index (χ0) is 15.3. The summed E-state index contributed by atoms with van der Waals surface area (Å²) >= 11 is 1.41. The van der Waals surface area contributed by atoms with Crippen molar-refractivity contribution in [1.82, 2.24) is 15.3 Å². The number of carbonyl (C=O) groups is 2. The lowest BCUT2D eigenvalue weighted by Crippen LogP contribution is -2.48. The second-order valence-corrected chi connectivity index (χ2v) is 4.91. The number of nitrogens with one attached hydrogen (secondary N) is 2. The Morgan fingerprint density at radius 1 is 1.55 bits per heavy atom. The first-order chi connectivity index (χ1) is 9.35. The van der Waals surface area contributed by atoms with Gasteiger partial charge in [0.05, 0.1) is 11.9 Å². The Morgan fingerprint density at radius 2 is 2.20 bits per heavy atom. The van der Waals surface area contributed by atoms with Crippen LogP contribution >= 0.6 is 11.8 Å². The Hall–Kier alpha value is -1.87. The Kier molecular flexibility index (Phi) is 5.71. The molecule has 0 radical (unpaired) electrons. The van der Waals surface area contributed by atoms with Crippen LogP contribution in [0.2, 0.25) is 0 Å². The molecule has 4 N–H and O–H groups in total. The molecule has 20 heavy (non-hydrogen) atoms. The highest BCUT2D eigenvalue weighted by atomic mass is 32.2. The third-order valence-electron chi connectivity index (χ3n) is 2.34. The van der Waals surface area contributed by atoms with Crippen LogP contribution < -0.4 is 10.9 Å². The minimum atomic E-state index is -1.47. The number of aliphatic hydroxyl groups is 1. The molecule has 1 aromatic rings. The van der Waals surface area contributed by atoms with Crippen molar-refractivity contribution in [2.24, 2.45) is 0 Å². The first-order valence-corrected chi connectivity index (χ1v) is 7.05. The van der Waals surface area contributed by atoms with Crippen molar-refractivity contribution in [3.63, 3.8) is 0 Å². The van der Waals surface area contributed by atoms with Gasteiger partial charge in [0.2, 0.25) is 0 Å². The van der Waals surface area contributed by atoms with E-state index in [1.165, 1.54) is 18.7 Å². The molecule has 1 amide bonds. The van der Waals surface area contributed by atoms with E-state index < -0.39 is 29.6 Å². The van der Waals surface area contributed by atoms with Gasteiger partial charge >= 0.3 is 5.97 Å². The number of hydrogen-bond acceptors (Lipinski definition) is 6. The van der Waals surface area contributed by atoms with Crippen LogP contribution in [0.5, 0.6) is 0 Å². The molecule has 8 nitrogen and oxygen atoms in total. The predicted molar refractivity (Wildman–Crippen MR) is 72.6 cm³/mol. The number of carboxylic acids is 1. The molecule has 0 saturated heterocycles. The fourth-order valence-corrected chi connectivity index (χ4v) is 1.84. The summed E-state index contributed by atoms with van der Waals surface area (Å²) in [6, 6.07) is -0.493. The normalized spacial score (nSPS) is 13.6. The molecule has 110 valence electrons. The van der Waals surface area contributed by atoms with E-state index in [-0.39, 0.29) is 5.69 Å². The monoisotopic (exact) mass is 301 g/mol. The average Bonchev–Trinajstić information content (AvgIpc) is 2.34. The number of thioether (sulfide) groups is 1. The maximum Gasteiger partial charge on any atom is 0.328 e. The van der Waals surface area contributed by atoms with Crippen molar-refractivity contribution in [3.05, 3.63) is 27.9 Å². The lowest BCUT2D eigenvalue weighted by atomic mass is 10.2. The highest BCUT2D eigenvalue weighted by Gasteiger charge is 2.26. The Labute approximate surface area is 118 Å². The molecule has 1 heterocycles. The van der Waals surface area contributed by atoms with Gasteiger partial charge in [-0.3, -0.25) is 9.59 Å². The molecule has 0 saturated carbocycles. The summed E-state index contributed by atoms with van der Waals surface area (Å²) in [6.45, 7) is 1.24. The third kappa shape index (κ3) is 4.35. The first kappa shape index (κ1) is 16.2. The van der Waals surface area contributed by atoms with Gasteiger partial charge in [0.1, 0.15) is 11.5 Å². The minimum Gasteiger partial charge on any atom is -0.480 e. The number of H-pyrrole nitrogens is 1.